The number of benzene rings is 1. The summed E-state index contributed by atoms with van der Waals surface area (Å²) in [7, 11) is 0. The molecule has 2 rings (SSSR count). The van der Waals surface area contributed by atoms with Crippen LogP contribution in [0, 0.1) is 0 Å². The van der Waals surface area contributed by atoms with Crippen LogP contribution in [0.1, 0.15) is 64.0 Å². The van der Waals surface area contributed by atoms with E-state index in [-0.39, 0.29) is 11.7 Å². The fourth-order valence-electron chi connectivity index (χ4n) is 3.19. The lowest BCUT2D eigenvalue weighted by atomic mass is 9.84. The predicted molar refractivity (Wildman–Crippen MR) is 84.9 cm³/mol. The van der Waals surface area contributed by atoms with E-state index in [0.717, 1.165) is 13.1 Å². The molecule has 1 aliphatic carbocycles. The van der Waals surface area contributed by atoms with Crippen molar-refractivity contribution in [2.75, 3.05) is 13.1 Å². The van der Waals surface area contributed by atoms with Crippen LogP contribution < -0.4 is 5.32 Å². The van der Waals surface area contributed by atoms with Crippen LogP contribution in [0.15, 0.2) is 30.3 Å². The smallest absolute Gasteiger partial charge is 0.0814 e. The molecule has 2 heteroatoms. The second kappa shape index (κ2) is 7.80. The van der Waals surface area contributed by atoms with E-state index in [1.807, 2.05) is 0 Å². The van der Waals surface area contributed by atoms with E-state index in [4.69, 9.17) is 4.74 Å². The van der Waals surface area contributed by atoms with Crippen molar-refractivity contribution in [3.8, 4) is 0 Å². The third-order valence-electron chi connectivity index (χ3n) is 4.33. The molecule has 1 N–H and O–H groups in total. The molecule has 1 atom stereocenters. The largest absolute Gasteiger partial charge is 0.366 e. The standard InChI is InChI=1S/C18H29NO/c1-3-14-19-15-18(12-8-5-9-13-18)20-16(2)17-10-6-4-7-11-17/h4,6-7,10-11,16,19H,3,5,8-9,12-15H2,1-2H3. The first-order valence-electron chi connectivity index (χ1n) is 8.19. The van der Waals surface area contributed by atoms with Crippen molar-refractivity contribution < 1.29 is 4.74 Å². The van der Waals surface area contributed by atoms with Crippen molar-refractivity contribution >= 4 is 0 Å². The highest BCUT2D eigenvalue weighted by Crippen LogP contribution is 2.35. The van der Waals surface area contributed by atoms with Gasteiger partial charge in [-0.3, -0.25) is 0 Å². The predicted octanol–water partition coefficient (Wildman–Crippen LogP) is 4.47. The van der Waals surface area contributed by atoms with Gasteiger partial charge in [-0.25, -0.2) is 0 Å². The molecule has 1 saturated carbocycles. The maximum atomic E-state index is 6.55. The molecule has 0 bridgehead atoms. The quantitative estimate of drug-likeness (QED) is 0.741. The van der Waals surface area contributed by atoms with Crippen LogP contribution in [0.5, 0.6) is 0 Å². The summed E-state index contributed by atoms with van der Waals surface area (Å²) in [4.78, 5) is 0. The summed E-state index contributed by atoms with van der Waals surface area (Å²) in [5.41, 5.74) is 1.33. The molecule has 0 amide bonds. The third-order valence-corrected chi connectivity index (χ3v) is 4.33. The highest BCUT2D eigenvalue weighted by atomic mass is 16.5. The highest BCUT2D eigenvalue weighted by Gasteiger charge is 2.34. The molecule has 2 nitrogen and oxygen atoms in total. The molecule has 20 heavy (non-hydrogen) atoms. The second-order valence-electron chi connectivity index (χ2n) is 6.09. The van der Waals surface area contributed by atoms with Gasteiger partial charge in [-0.15, -0.1) is 0 Å². The van der Waals surface area contributed by atoms with Crippen molar-refractivity contribution in [2.45, 2.75) is 64.1 Å². The molecule has 1 fully saturated rings. The minimum absolute atomic E-state index is 0.0443. The van der Waals surface area contributed by atoms with Crippen molar-refractivity contribution in [2.24, 2.45) is 0 Å². The second-order valence-corrected chi connectivity index (χ2v) is 6.09. The summed E-state index contributed by atoms with van der Waals surface area (Å²) >= 11 is 0. The minimum atomic E-state index is 0.0443. The Morgan fingerprint density at radius 2 is 1.85 bits per heavy atom. The van der Waals surface area contributed by atoms with Crippen LogP contribution in [0.25, 0.3) is 0 Å². The molecular formula is C18H29NO. The lowest BCUT2D eigenvalue weighted by Gasteiger charge is -2.40. The van der Waals surface area contributed by atoms with E-state index in [1.165, 1.54) is 44.1 Å². The zero-order chi connectivity index (χ0) is 14.3. The van der Waals surface area contributed by atoms with Crippen LogP contribution >= 0.6 is 0 Å². The average molecular weight is 275 g/mol. The summed E-state index contributed by atoms with van der Waals surface area (Å²) in [5, 5.41) is 3.58. The fraction of sp³-hybridized carbons (Fsp3) is 0.667. The van der Waals surface area contributed by atoms with Gasteiger partial charge in [0.1, 0.15) is 0 Å². The average Bonchev–Trinajstić information content (AvgIpc) is 2.49. The Hall–Kier alpha value is -0.860. The summed E-state index contributed by atoms with van der Waals surface area (Å²) in [6, 6.07) is 10.6. The molecule has 0 saturated heterocycles. The number of ether oxygens (including phenoxy) is 1. The monoisotopic (exact) mass is 275 g/mol. The summed E-state index contributed by atoms with van der Waals surface area (Å²) in [5.74, 6) is 0. The van der Waals surface area contributed by atoms with Crippen molar-refractivity contribution in [3.63, 3.8) is 0 Å². The Morgan fingerprint density at radius 1 is 1.15 bits per heavy atom. The van der Waals surface area contributed by atoms with Crippen LogP contribution in [0.4, 0.5) is 0 Å². The summed E-state index contributed by atoms with van der Waals surface area (Å²) in [6.07, 6.45) is 7.72. The van der Waals surface area contributed by atoms with Gasteiger partial charge in [-0.1, -0.05) is 56.5 Å². The topological polar surface area (TPSA) is 21.3 Å². The number of hydrogen-bond acceptors (Lipinski definition) is 2. The van der Waals surface area contributed by atoms with Crippen LogP contribution in [-0.2, 0) is 4.74 Å². The Balaban J connectivity index is 1.99. The fourth-order valence-corrected chi connectivity index (χ4v) is 3.19. The van der Waals surface area contributed by atoms with Crippen molar-refractivity contribution in [3.05, 3.63) is 35.9 Å². The van der Waals surface area contributed by atoms with E-state index >= 15 is 0 Å². The Morgan fingerprint density at radius 3 is 2.50 bits per heavy atom. The molecule has 0 aromatic heterocycles. The van der Waals surface area contributed by atoms with Crippen LogP contribution in [0.3, 0.4) is 0 Å². The van der Waals surface area contributed by atoms with Gasteiger partial charge in [-0.05, 0) is 38.3 Å². The van der Waals surface area contributed by atoms with E-state index in [0.29, 0.717) is 0 Å². The molecule has 1 aromatic carbocycles. The molecule has 1 unspecified atom stereocenters. The summed E-state index contributed by atoms with van der Waals surface area (Å²) < 4.78 is 6.55. The highest BCUT2D eigenvalue weighted by molar-refractivity contribution is 5.17. The first-order valence-corrected chi connectivity index (χ1v) is 8.19. The van der Waals surface area contributed by atoms with E-state index in [2.05, 4.69) is 49.5 Å². The van der Waals surface area contributed by atoms with Crippen molar-refractivity contribution in [1.82, 2.24) is 5.32 Å². The van der Waals surface area contributed by atoms with Gasteiger partial charge in [0.25, 0.3) is 0 Å². The van der Waals surface area contributed by atoms with Gasteiger partial charge in [0.2, 0.25) is 0 Å². The van der Waals surface area contributed by atoms with Gasteiger partial charge < -0.3 is 10.1 Å². The zero-order valence-electron chi connectivity index (χ0n) is 13.0. The lowest BCUT2D eigenvalue weighted by Crippen LogP contribution is -2.45. The normalized spacial score (nSPS) is 19.7. The van der Waals surface area contributed by atoms with Gasteiger partial charge >= 0.3 is 0 Å². The van der Waals surface area contributed by atoms with E-state index < -0.39 is 0 Å². The lowest BCUT2D eigenvalue weighted by molar-refractivity contribution is -0.107. The number of rotatable bonds is 7. The number of nitrogens with one attached hydrogen (secondary N) is 1. The first kappa shape index (κ1) is 15.5. The van der Waals surface area contributed by atoms with Gasteiger partial charge in [-0.2, -0.15) is 0 Å². The molecule has 112 valence electrons. The summed E-state index contributed by atoms with van der Waals surface area (Å²) in [6.45, 7) is 6.49. The first-order chi connectivity index (χ1) is 9.76. The Kier molecular flexibility index (Phi) is 6.06. The van der Waals surface area contributed by atoms with Crippen LogP contribution in [-0.4, -0.2) is 18.7 Å². The SMILES string of the molecule is CCCNCC1(OC(C)c2ccccc2)CCCCC1. The maximum Gasteiger partial charge on any atom is 0.0814 e. The molecule has 0 spiro atoms. The zero-order valence-corrected chi connectivity index (χ0v) is 13.0. The molecule has 0 radical (unpaired) electrons. The molecule has 1 aliphatic rings. The van der Waals surface area contributed by atoms with E-state index in [9.17, 15) is 0 Å². The van der Waals surface area contributed by atoms with Crippen molar-refractivity contribution in [1.29, 1.82) is 0 Å². The Labute approximate surface area is 123 Å². The number of hydrogen-bond donors (Lipinski definition) is 1. The Bertz CT molecular complexity index is 370. The van der Waals surface area contributed by atoms with Gasteiger partial charge in [0, 0.05) is 6.54 Å². The van der Waals surface area contributed by atoms with E-state index in [1.54, 1.807) is 0 Å². The molecular weight excluding hydrogens is 246 g/mol. The van der Waals surface area contributed by atoms with Gasteiger partial charge in [0.15, 0.2) is 0 Å². The minimum Gasteiger partial charge on any atom is -0.366 e. The maximum absolute atomic E-state index is 6.55. The molecule has 1 aromatic rings. The molecule has 0 aliphatic heterocycles. The third kappa shape index (κ3) is 4.32. The van der Waals surface area contributed by atoms with Gasteiger partial charge in [0.05, 0.1) is 11.7 Å². The van der Waals surface area contributed by atoms with Crippen LogP contribution in [0.2, 0.25) is 0 Å². The molecule has 0 heterocycles.